The molecule has 2 fully saturated rings. The predicted molar refractivity (Wildman–Crippen MR) is 85.1 cm³/mol. The first-order chi connectivity index (χ1) is 9.61. The van der Waals surface area contributed by atoms with E-state index in [1.807, 2.05) is 0 Å². The molecule has 118 valence electrons. The van der Waals surface area contributed by atoms with Gasteiger partial charge in [0.2, 0.25) is 0 Å². The zero-order valence-corrected chi connectivity index (χ0v) is 13.8. The van der Waals surface area contributed by atoms with Gasteiger partial charge in [-0.1, -0.05) is 20.8 Å². The number of nitrogens with zero attached hydrogens (tertiary/aromatic N) is 1. The van der Waals surface area contributed by atoms with E-state index in [2.05, 4.69) is 31.0 Å². The molecule has 2 aliphatic rings. The van der Waals surface area contributed by atoms with Crippen molar-refractivity contribution in [3.63, 3.8) is 0 Å². The van der Waals surface area contributed by atoms with Gasteiger partial charge in [0.05, 0.1) is 6.61 Å². The summed E-state index contributed by atoms with van der Waals surface area (Å²) < 4.78 is 5.61. The highest BCUT2D eigenvalue weighted by atomic mass is 16.5. The summed E-state index contributed by atoms with van der Waals surface area (Å²) in [6, 6.07) is 0.624. The first-order valence-electron chi connectivity index (χ1n) is 8.64. The quantitative estimate of drug-likeness (QED) is 0.811. The molecule has 3 nitrogen and oxygen atoms in total. The van der Waals surface area contributed by atoms with E-state index in [1.165, 1.54) is 51.7 Å². The number of rotatable bonds is 6. The van der Waals surface area contributed by atoms with Crippen molar-refractivity contribution < 1.29 is 4.74 Å². The van der Waals surface area contributed by atoms with Crippen LogP contribution in [0.25, 0.3) is 0 Å². The minimum atomic E-state index is 0.539. The van der Waals surface area contributed by atoms with E-state index < -0.39 is 0 Å². The molecule has 1 N–H and O–H groups in total. The predicted octanol–water partition coefficient (Wildman–Crippen LogP) is 2.90. The summed E-state index contributed by atoms with van der Waals surface area (Å²) in [5, 5.41) is 3.78. The Labute approximate surface area is 125 Å². The monoisotopic (exact) mass is 282 g/mol. The normalized spacial score (nSPS) is 29.2. The maximum Gasteiger partial charge on any atom is 0.0510 e. The Morgan fingerprint density at radius 3 is 2.85 bits per heavy atom. The lowest BCUT2D eigenvalue weighted by molar-refractivity contribution is 0.160. The molecule has 2 rings (SSSR count). The number of hydrogen-bond acceptors (Lipinski definition) is 3. The van der Waals surface area contributed by atoms with Crippen LogP contribution in [-0.2, 0) is 4.74 Å². The molecule has 0 saturated carbocycles. The van der Waals surface area contributed by atoms with Gasteiger partial charge >= 0.3 is 0 Å². The molecule has 0 aliphatic carbocycles. The summed E-state index contributed by atoms with van der Waals surface area (Å²) in [6.07, 6.45) is 6.53. The largest absolute Gasteiger partial charge is 0.381 e. The van der Waals surface area contributed by atoms with Crippen LogP contribution >= 0.6 is 0 Å². The van der Waals surface area contributed by atoms with Crippen LogP contribution in [0.2, 0.25) is 0 Å². The fraction of sp³-hybridized carbons (Fsp3) is 1.00. The summed E-state index contributed by atoms with van der Waals surface area (Å²) >= 11 is 0. The van der Waals surface area contributed by atoms with Gasteiger partial charge in [-0.2, -0.15) is 0 Å². The second kappa shape index (κ2) is 7.77. The van der Waals surface area contributed by atoms with Crippen molar-refractivity contribution in [2.45, 2.75) is 58.9 Å². The molecular formula is C17H34N2O. The second-order valence-corrected chi connectivity index (χ2v) is 7.50. The minimum Gasteiger partial charge on any atom is -0.381 e. The first-order valence-corrected chi connectivity index (χ1v) is 8.64. The van der Waals surface area contributed by atoms with Gasteiger partial charge < -0.3 is 15.0 Å². The minimum absolute atomic E-state index is 0.539. The lowest BCUT2D eigenvalue weighted by atomic mass is 9.85. The van der Waals surface area contributed by atoms with Gasteiger partial charge in [0.25, 0.3) is 0 Å². The molecule has 2 heterocycles. The van der Waals surface area contributed by atoms with Gasteiger partial charge in [-0.05, 0) is 57.2 Å². The molecular weight excluding hydrogens is 248 g/mol. The van der Waals surface area contributed by atoms with Gasteiger partial charge in [0.1, 0.15) is 0 Å². The third-order valence-electron chi connectivity index (χ3n) is 5.08. The zero-order valence-electron chi connectivity index (χ0n) is 13.8. The number of ether oxygens (including phenoxy) is 1. The van der Waals surface area contributed by atoms with Crippen LogP contribution in [0.4, 0.5) is 0 Å². The summed E-state index contributed by atoms with van der Waals surface area (Å²) in [4.78, 5) is 2.69. The lowest BCUT2D eigenvalue weighted by Gasteiger charge is -2.31. The standard InChI is InChI=1S/C17H34N2O/c1-4-9-18-16(15-6-12-20-14-15)13-19-10-5-7-17(2,3)8-11-19/h15-16,18H,4-14H2,1-3H3. The van der Waals surface area contributed by atoms with E-state index >= 15 is 0 Å². The molecule has 0 radical (unpaired) electrons. The summed E-state index contributed by atoms with van der Waals surface area (Å²) in [6.45, 7) is 13.9. The summed E-state index contributed by atoms with van der Waals surface area (Å²) in [5.41, 5.74) is 0.539. The highest BCUT2D eigenvalue weighted by Gasteiger charge is 2.29. The molecule has 3 heteroatoms. The maximum absolute atomic E-state index is 5.61. The molecule has 0 aromatic rings. The van der Waals surface area contributed by atoms with Crippen molar-refractivity contribution in [3.05, 3.63) is 0 Å². The Bertz CT molecular complexity index is 274. The van der Waals surface area contributed by atoms with Crippen molar-refractivity contribution in [2.24, 2.45) is 11.3 Å². The molecule has 0 amide bonds. The van der Waals surface area contributed by atoms with Gasteiger partial charge in [-0.25, -0.2) is 0 Å². The van der Waals surface area contributed by atoms with E-state index in [4.69, 9.17) is 4.74 Å². The molecule has 20 heavy (non-hydrogen) atoms. The van der Waals surface area contributed by atoms with Gasteiger partial charge in [0.15, 0.2) is 0 Å². The topological polar surface area (TPSA) is 24.5 Å². The fourth-order valence-corrected chi connectivity index (χ4v) is 3.52. The Balaban J connectivity index is 1.85. The molecule has 0 aromatic heterocycles. The number of hydrogen-bond donors (Lipinski definition) is 1. The Kier molecular flexibility index (Phi) is 6.31. The molecule has 2 unspecified atom stereocenters. The molecule has 2 aliphatic heterocycles. The highest BCUT2D eigenvalue weighted by Crippen LogP contribution is 2.30. The lowest BCUT2D eigenvalue weighted by Crippen LogP contribution is -2.46. The Morgan fingerprint density at radius 2 is 2.15 bits per heavy atom. The van der Waals surface area contributed by atoms with Crippen LogP contribution in [0, 0.1) is 11.3 Å². The van der Waals surface area contributed by atoms with Crippen molar-refractivity contribution in [1.29, 1.82) is 0 Å². The smallest absolute Gasteiger partial charge is 0.0510 e. The molecule has 0 aromatic carbocycles. The second-order valence-electron chi connectivity index (χ2n) is 7.50. The van der Waals surface area contributed by atoms with Gasteiger partial charge in [-0.3, -0.25) is 0 Å². The zero-order chi connectivity index (χ0) is 14.4. The fourth-order valence-electron chi connectivity index (χ4n) is 3.52. The van der Waals surface area contributed by atoms with Gasteiger partial charge in [0, 0.05) is 25.1 Å². The van der Waals surface area contributed by atoms with E-state index in [-0.39, 0.29) is 0 Å². The van der Waals surface area contributed by atoms with E-state index in [9.17, 15) is 0 Å². The third kappa shape index (κ3) is 5.01. The van der Waals surface area contributed by atoms with E-state index in [1.54, 1.807) is 0 Å². The average Bonchev–Trinajstić information content (AvgIpc) is 2.88. The average molecular weight is 282 g/mol. The van der Waals surface area contributed by atoms with Crippen LogP contribution < -0.4 is 5.32 Å². The van der Waals surface area contributed by atoms with Crippen molar-refractivity contribution in [1.82, 2.24) is 10.2 Å². The van der Waals surface area contributed by atoms with Crippen molar-refractivity contribution >= 4 is 0 Å². The van der Waals surface area contributed by atoms with E-state index in [0.29, 0.717) is 11.5 Å². The van der Waals surface area contributed by atoms with Crippen molar-refractivity contribution in [3.8, 4) is 0 Å². The SMILES string of the molecule is CCCNC(CN1CCCC(C)(C)CC1)C1CCOC1. The van der Waals surface area contributed by atoms with E-state index in [0.717, 1.165) is 25.7 Å². The van der Waals surface area contributed by atoms with Gasteiger partial charge in [-0.15, -0.1) is 0 Å². The van der Waals surface area contributed by atoms with Crippen LogP contribution in [0.1, 0.15) is 52.9 Å². The third-order valence-corrected chi connectivity index (χ3v) is 5.08. The summed E-state index contributed by atoms with van der Waals surface area (Å²) in [7, 11) is 0. The van der Waals surface area contributed by atoms with Crippen LogP contribution in [0.15, 0.2) is 0 Å². The first kappa shape index (κ1) is 16.3. The van der Waals surface area contributed by atoms with Crippen LogP contribution in [-0.4, -0.2) is 50.3 Å². The van der Waals surface area contributed by atoms with Crippen LogP contribution in [0.3, 0.4) is 0 Å². The highest BCUT2D eigenvalue weighted by molar-refractivity contribution is 4.84. The Hall–Kier alpha value is -0.120. The Morgan fingerprint density at radius 1 is 1.30 bits per heavy atom. The molecule has 0 spiro atoms. The number of nitrogens with one attached hydrogen (secondary N) is 1. The molecule has 2 saturated heterocycles. The van der Waals surface area contributed by atoms with Crippen LogP contribution in [0.5, 0.6) is 0 Å². The maximum atomic E-state index is 5.61. The summed E-state index contributed by atoms with van der Waals surface area (Å²) in [5.74, 6) is 0.720. The van der Waals surface area contributed by atoms with Crippen molar-refractivity contribution in [2.75, 3.05) is 39.4 Å². The molecule has 2 atom stereocenters. The number of likely N-dealkylation sites (tertiary alicyclic amines) is 1. The molecule has 0 bridgehead atoms.